The fourth-order valence-corrected chi connectivity index (χ4v) is 2.19. The first-order chi connectivity index (χ1) is 5.75. The van der Waals surface area contributed by atoms with Crippen molar-refractivity contribution in [3.8, 4) is 0 Å². The van der Waals surface area contributed by atoms with E-state index in [0.29, 0.717) is 6.61 Å². The molecular weight excluding hydrogens is 164 g/mol. The Morgan fingerprint density at radius 3 is 2.75 bits per heavy atom. The molecule has 0 fully saturated rings. The summed E-state index contributed by atoms with van der Waals surface area (Å²) in [7, 11) is 0.750. The van der Waals surface area contributed by atoms with Crippen LogP contribution in [0.1, 0.15) is 11.1 Å². The molecular formula is C10H14OSi. The summed E-state index contributed by atoms with van der Waals surface area (Å²) in [5, 5.41) is 10.1. The van der Waals surface area contributed by atoms with E-state index in [2.05, 4.69) is 32.0 Å². The van der Waals surface area contributed by atoms with Gasteiger partial charge < -0.3 is 5.11 Å². The Kier molecular flexibility index (Phi) is 3.50. The molecule has 1 N–H and O–H groups in total. The largest absolute Gasteiger partial charge is 0.397 e. The molecule has 0 bridgehead atoms. The third kappa shape index (κ3) is 2.19. The topological polar surface area (TPSA) is 20.2 Å². The summed E-state index contributed by atoms with van der Waals surface area (Å²) in [6.07, 6.45) is 0. The van der Waals surface area contributed by atoms with Crippen molar-refractivity contribution < 1.29 is 5.11 Å². The zero-order valence-electron chi connectivity index (χ0n) is 7.59. The molecule has 2 radical (unpaired) electrons. The Labute approximate surface area is 76.3 Å². The Bertz CT molecular complexity index is 258. The van der Waals surface area contributed by atoms with Crippen molar-refractivity contribution >= 4 is 14.7 Å². The lowest BCUT2D eigenvalue weighted by Gasteiger charge is -2.06. The van der Waals surface area contributed by atoms with Gasteiger partial charge in [0.1, 0.15) is 0 Å². The normalized spacial score (nSPS) is 10.2. The number of benzene rings is 1. The van der Waals surface area contributed by atoms with Crippen LogP contribution >= 0.6 is 0 Å². The van der Waals surface area contributed by atoms with Crippen LogP contribution in [0, 0.1) is 13.8 Å². The third-order valence-electron chi connectivity index (χ3n) is 2.03. The van der Waals surface area contributed by atoms with Gasteiger partial charge in [-0.25, -0.2) is 0 Å². The Balaban J connectivity index is 2.78. The lowest BCUT2D eigenvalue weighted by atomic mass is 10.1. The number of aryl methyl sites for hydroxylation is 1. The fraction of sp³-hybridized carbons (Fsp3) is 0.400. The van der Waals surface area contributed by atoms with Crippen molar-refractivity contribution in [3.63, 3.8) is 0 Å². The van der Waals surface area contributed by atoms with Crippen LogP contribution in [-0.2, 0) is 0 Å². The molecule has 0 aliphatic heterocycles. The minimum atomic E-state index is 0.297. The SMILES string of the molecule is Cc1cccc([Si]CCO)c1C. The van der Waals surface area contributed by atoms with Gasteiger partial charge in [-0.05, 0) is 31.0 Å². The lowest BCUT2D eigenvalue weighted by molar-refractivity contribution is 0.318. The summed E-state index contributed by atoms with van der Waals surface area (Å²) in [4.78, 5) is 0. The molecule has 0 saturated carbocycles. The molecule has 0 amide bonds. The summed E-state index contributed by atoms with van der Waals surface area (Å²) in [5.74, 6) is 0. The second kappa shape index (κ2) is 4.43. The number of hydrogen-bond donors (Lipinski definition) is 1. The van der Waals surface area contributed by atoms with Gasteiger partial charge >= 0.3 is 0 Å². The molecule has 12 heavy (non-hydrogen) atoms. The second-order valence-corrected chi connectivity index (χ2v) is 4.29. The summed E-state index contributed by atoms with van der Waals surface area (Å²) in [6.45, 7) is 4.57. The number of hydrogen-bond acceptors (Lipinski definition) is 1. The van der Waals surface area contributed by atoms with Crippen LogP contribution in [0.4, 0.5) is 0 Å². The van der Waals surface area contributed by atoms with Crippen molar-refractivity contribution in [2.75, 3.05) is 6.61 Å². The first kappa shape index (κ1) is 9.48. The number of aliphatic hydroxyl groups is 1. The van der Waals surface area contributed by atoms with Gasteiger partial charge in [-0.15, -0.1) is 0 Å². The predicted octanol–water partition coefficient (Wildman–Crippen LogP) is 1.04. The third-order valence-corrected chi connectivity index (χ3v) is 3.43. The zero-order valence-corrected chi connectivity index (χ0v) is 8.59. The van der Waals surface area contributed by atoms with Gasteiger partial charge in [0.05, 0.1) is 9.52 Å². The monoisotopic (exact) mass is 178 g/mol. The van der Waals surface area contributed by atoms with Crippen LogP contribution in [0.2, 0.25) is 6.04 Å². The van der Waals surface area contributed by atoms with E-state index < -0.39 is 0 Å². The van der Waals surface area contributed by atoms with E-state index in [1.54, 1.807) is 0 Å². The molecule has 0 aromatic heterocycles. The summed E-state index contributed by atoms with van der Waals surface area (Å²) >= 11 is 0. The van der Waals surface area contributed by atoms with Crippen molar-refractivity contribution in [2.45, 2.75) is 19.9 Å². The van der Waals surface area contributed by atoms with E-state index in [-0.39, 0.29) is 0 Å². The van der Waals surface area contributed by atoms with Crippen LogP contribution in [0.25, 0.3) is 0 Å². The minimum absolute atomic E-state index is 0.297. The molecule has 1 rings (SSSR count). The maximum absolute atomic E-state index is 8.69. The van der Waals surface area contributed by atoms with E-state index in [9.17, 15) is 0 Å². The average Bonchev–Trinajstić information content (AvgIpc) is 2.08. The summed E-state index contributed by atoms with van der Waals surface area (Å²) in [5.41, 5.74) is 2.72. The number of rotatable bonds is 3. The zero-order chi connectivity index (χ0) is 8.97. The van der Waals surface area contributed by atoms with Crippen molar-refractivity contribution in [1.29, 1.82) is 0 Å². The van der Waals surface area contributed by atoms with Crippen molar-refractivity contribution in [3.05, 3.63) is 29.3 Å². The maximum atomic E-state index is 8.69. The standard InChI is InChI=1S/C10H14OSi/c1-8-4-3-5-10(9(8)2)12-7-6-11/h3-5,11H,6-7H2,1-2H3. The van der Waals surface area contributed by atoms with E-state index in [4.69, 9.17) is 5.11 Å². The van der Waals surface area contributed by atoms with Crippen LogP contribution in [0.15, 0.2) is 18.2 Å². The van der Waals surface area contributed by atoms with E-state index in [1.807, 2.05) is 0 Å². The summed E-state index contributed by atoms with van der Waals surface area (Å²) in [6, 6.07) is 7.25. The smallest absolute Gasteiger partial charge is 0.0835 e. The maximum Gasteiger partial charge on any atom is 0.0835 e. The molecule has 64 valence electrons. The van der Waals surface area contributed by atoms with E-state index in [1.165, 1.54) is 16.3 Å². The second-order valence-electron chi connectivity index (χ2n) is 2.90. The van der Waals surface area contributed by atoms with Gasteiger partial charge in [-0.1, -0.05) is 23.4 Å². The molecule has 0 aliphatic carbocycles. The van der Waals surface area contributed by atoms with Gasteiger partial charge in [-0.2, -0.15) is 0 Å². The van der Waals surface area contributed by atoms with Crippen LogP contribution in [0.3, 0.4) is 0 Å². The molecule has 0 atom stereocenters. The number of aliphatic hydroxyl groups excluding tert-OH is 1. The summed E-state index contributed by atoms with van der Waals surface area (Å²) < 4.78 is 0. The highest BCUT2D eigenvalue weighted by molar-refractivity contribution is 6.54. The van der Waals surface area contributed by atoms with Gasteiger partial charge in [0.15, 0.2) is 0 Å². The fourth-order valence-electron chi connectivity index (χ4n) is 1.13. The van der Waals surface area contributed by atoms with Crippen molar-refractivity contribution in [2.24, 2.45) is 0 Å². The molecule has 0 unspecified atom stereocenters. The van der Waals surface area contributed by atoms with Crippen LogP contribution < -0.4 is 5.19 Å². The average molecular weight is 178 g/mol. The van der Waals surface area contributed by atoms with E-state index in [0.717, 1.165) is 15.6 Å². The van der Waals surface area contributed by atoms with Crippen LogP contribution in [-0.4, -0.2) is 21.2 Å². The molecule has 1 aromatic rings. The molecule has 0 spiro atoms. The predicted molar refractivity (Wildman–Crippen MR) is 53.2 cm³/mol. The van der Waals surface area contributed by atoms with Gasteiger partial charge in [0.25, 0.3) is 0 Å². The molecule has 1 nitrogen and oxygen atoms in total. The van der Waals surface area contributed by atoms with E-state index >= 15 is 0 Å². The Morgan fingerprint density at radius 1 is 1.33 bits per heavy atom. The van der Waals surface area contributed by atoms with Gasteiger partial charge in [0, 0.05) is 6.61 Å². The van der Waals surface area contributed by atoms with Gasteiger partial charge in [0.2, 0.25) is 0 Å². The van der Waals surface area contributed by atoms with Crippen LogP contribution in [0.5, 0.6) is 0 Å². The minimum Gasteiger partial charge on any atom is -0.397 e. The molecule has 0 aliphatic rings. The lowest BCUT2D eigenvalue weighted by Crippen LogP contribution is -2.18. The van der Waals surface area contributed by atoms with Gasteiger partial charge in [-0.3, -0.25) is 0 Å². The quantitative estimate of drug-likeness (QED) is 0.686. The molecule has 1 aromatic carbocycles. The Morgan fingerprint density at radius 2 is 2.08 bits per heavy atom. The first-order valence-electron chi connectivity index (χ1n) is 4.16. The Hall–Kier alpha value is -0.603. The molecule has 0 heterocycles. The highest BCUT2D eigenvalue weighted by Gasteiger charge is 1.99. The first-order valence-corrected chi connectivity index (χ1v) is 5.37. The van der Waals surface area contributed by atoms with Crippen molar-refractivity contribution in [1.82, 2.24) is 0 Å². The molecule has 2 heteroatoms. The highest BCUT2D eigenvalue weighted by atomic mass is 28.2. The highest BCUT2D eigenvalue weighted by Crippen LogP contribution is 2.02. The molecule has 0 saturated heterocycles.